The molecule has 3 rings (SSSR count). The topological polar surface area (TPSA) is 52.7 Å². The summed E-state index contributed by atoms with van der Waals surface area (Å²) < 4.78 is 0. The van der Waals surface area contributed by atoms with Gasteiger partial charge in [0.1, 0.15) is 0 Å². The number of benzene rings is 1. The maximum Gasteiger partial charge on any atom is 0.251 e. The van der Waals surface area contributed by atoms with Crippen LogP contribution in [0.3, 0.4) is 0 Å². The molecule has 1 aromatic carbocycles. The summed E-state index contributed by atoms with van der Waals surface area (Å²) >= 11 is 0. The lowest BCUT2D eigenvalue weighted by Gasteiger charge is -2.41. The lowest BCUT2D eigenvalue weighted by molar-refractivity contribution is -0.135. The zero-order valence-corrected chi connectivity index (χ0v) is 16.0. The van der Waals surface area contributed by atoms with Gasteiger partial charge in [0.05, 0.1) is 6.54 Å². The van der Waals surface area contributed by atoms with Crippen molar-refractivity contribution in [3.8, 4) is 0 Å². The first-order valence-corrected chi connectivity index (χ1v) is 9.84. The van der Waals surface area contributed by atoms with Gasteiger partial charge in [0.15, 0.2) is 0 Å². The molecule has 0 bridgehead atoms. The highest BCUT2D eigenvalue weighted by molar-refractivity contribution is 5.93. The molecule has 0 radical (unpaired) electrons. The zero-order chi connectivity index (χ0) is 18.5. The summed E-state index contributed by atoms with van der Waals surface area (Å²) in [5.41, 5.74) is 1.77. The molecule has 1 aliphatic carbocycles. The molecule has 1 aliphatic heterocycles. The van der Waals surface area contributed by atoms with Crippen LogP contribution in [0.1, 0.15) is 48.0 Å². The van der Waals surface area contributed by atoms with Crippen molar-refractivity contribution in [2.24, 2.45) is 11.8 Å². The standard InChI is InChI=1S/C21H31N3O2/c1-22-21(26)18-9-7-16(8-10-18)13-23(2)15-20(25)24-12-11-17-5-3-4-6-19(17)14-24/h7-10,17,19H,3-6,11-15H2,1-2H3,(H,22,26)/t17-,19+/m0/s1. The minimum Gasteiger partial charge on any atom is -0.355 e. The number of hydrogen-bond donors (Lipinski definition) is 1. The number of hydrogen-bond acceptors (Lipinski definition) is 3. The van der Waals surface area contributed by atoms with Gasteiger partial charge in [-0.25, -0.2) is 0 Å². The maximum absolute atomic E-state index is 12.7. The number of carbonyl (C=O) groups is 2. The second kappa shape index (κ2) is 8.67. The summed E-state index contributed by atoms with van der Waals surface area (Å²) in [6.45, 7) is 3.04. The molecule has 5 heteroatoms. The Labute approximate surface area is 156 Å². The third kappa shape index (κ3) is 4.64. The van der Waals surface area contributed by atoms with E-state index in [0.29, 0.717) is 18.7 Å². The van der Waals surface area contributed by atoms with Crippen molar-refractivity contribution in [2.75, 3.05) is 33.7 Å². The lowest BCUT2D eigenvalue weighted by atomic mass is 9.75. The van der Waals surface area contributed by atoms with E-state index in [4.69, 9.17) is 0 Å². The van der Waals surface area contributed by atoms with Crippen LogP contribution in [0.5, 0.6) is 0 Å². The van der Waals surface area contributed by atoms with Gasteiger partial charge in [-0.2, -0.15) is 0 Å². The fourth-order valence-electron chi connectivity index (χ4n) is 4.43. The Balaban J connectivity index is 1.49. The van der Waals surface area contributed by atoms with Gasteiger partial charge < -0.3 is 10.2 Å². The van der Waals surface area contributed by atoms with Crippen LogP contribution < -0.4 is 5.32 Å². The minimum atomic E-state index is -0.0776. The highest BCUT2D eigenvalue weighted by atomic mass is 16.2. The third-order valence-corrected chi connectivity index (χ3v) is 5.94. The van der Waals surface area contributed by atoms with Crippen LogP contribution in [-0.2, 0) is 11.3 Å². The van der Waals surface area contributed by atoms with Crippen molar-refractivity contribution in [2.45, 2.75) is 38.6 Å². The van der Waals surface area contributed by atoms with Gasteiger partial charge in [-0.3, -0.25) is 14.5 Å². The highest BCUT2D eigenvalue weighted by Crippen LogP contribution is 2.36. The monoisotopic (exact) mass is 357 g/mol. The van der Waals surface area contributed by atoms with Gasteiger partial charge in [-0.05, 0) is 49.4 Å². The second-order valence-corrected chi connectivity index (χ2v) is 7.88. The number of fused-ring (bicyclic) bond motifs is 1. The van der Waals surface area contributed by atoms with Crippen molar-refractivity contribution in [1.29, 1.82) is 0 Å². The Hall–Kier alpha value is -1.88. The van der Waals surface area contributed by atoms with Crippen molar-refractivity contribution in [1.82, 2.24) is 15.1 Å². The molecule has 2 atom stereocenters. The lowest BCUT2D eigenvalue weighted by Crippen LogP contribution is -2.47. The van der Waals surface area contributed by atoms with Crippen LogP contribution in [0.2, 0.25) is 0 Å². The van der Waals surface area contributed by atoms with Gasteiger partial charge in [0.2, 0.25) is 5.91 Å². The smallest absolute Gasteiger partial charge is 0.251 e. The zero-order valence-electron chi connectivity index (χ0n) is 16.0. The highest BCUT2D eigenvalue weighted by Gasteiger charge is 2.32. The Morgan fingerprint density at radius 3 is 2.50 bits per heavy atom. The predicted octanol–water partition coefficient (Wildman–Crippen LogP) is 2.52. The maximum atomic E-state index is 12.7. The van der Waals surface area contributed by atoms with Crippen molar-refractivity contribution >= 4 is 11.8 Å². The quantitative estimate of drug-likeness (QED) is 0.881. The van der Waals surface area contributed by atoms with Gasteiger partial charge >= 0.3 is 0 Å². The van der Waals surface area contributed by atoms with Crippen molar-refractivity contribution < 1.29 is 9.59 Å². The first-order valence-electron chi connectivity index (χ1n) is 9.84. The van der Waals surface area contributed by atoms with Gasteiger partial charge in [-0.1, -0.05) is 31.4 Å². The van der Waals surface area contributed by atoms with Crippen LogP contribution in [0.4, 0.5) is 0 Å². The number of nitrogens with zero attached hydrogens (tertiary/aromatic N) is 2. The Morgan fingerprint density at radius 1 is 1.12 bits per heavy atom. The number of carbonyl (C=O) groups excluding carboxylic acids is 2. The Bertz CT molecular complexity index is 629. The van der Waals surface area contributed by atoms with E-state index < -0.39 is 0 Å². The summed E-state index contributed by atoms with van der Waals surface area (Å²) in [5, 5.41) is 2.62. The van der Waals surface area contributed by atoms with E-state index in [0.717, 1.165) is 30.5 Å². The van der Waals surface area contributed by atoms with Crippen molar-refractivity contribution in [3.05, 3.63) is 35.4 Å². The van der Waals surface area contributed by atoms with Crippen LogP contribution in [0.25, 0.3) is 0 Å². The summed E-state index contributed by atoms with van der Waals surface area (Å²) in [6.07, 6.45) is 6.54. The number of likely N-dealkylation sites (N-methyl/N-ethyl adjacent to an activating group) is 1. The molecule has 2 fully saturated rings. The van der Waals surface area contributed by atoms with E-state index in [1.165, 1.54) is 32.1 Å². The molecular weight excluding hydrogens is 326 g/mol. The summed E-state index contributed by atoms with van der Waals surface area (Å²) in [7, 11) is 3.61. The molecule has 2 aliphatic rings. The fourth-order valence-corrected chi connectivity index (χ4v) is 4.43. The molecule has 0 spiro atoms. The Kier molecular flexibility index (Phi) is 6.30. The van der Waals surface area contributed by atoms with E-state index in [1.54, 1.807) is 7.05 Å². The van der Waals surface area contributed by atoms with E-state index in [-0.39, 0.29) is 11.8 Å². The molecule has 0 unspecified atom stereocenters. The van der Waals surface area contributed by atoms with Crippen LogP contribution >= 0.6 is 0 Å². The molecule has 1 saturated heterocycles. The first-order chi connectivity index (χ1) is 12.6. The van der Waals surface area contributed by atoms with E-state index in [1.807, 2.05) is 31.3 Å². The Morgan fingerprint density at radius 2 is 1.81 bits per heavy atom. The average Bonchev–Trinajstić information content (AvgIpc) is 2.67. The second-order valence-electron chi connectivity index (χ2n) is 7.88. The number of nitrogens with one attached hydrogen (secondary N) is 1. The minimum absolute atomic E-state index is 0.0776. The van der Waals surface area contributed by atoms with Crippen LogP contribution in [0, 0.1) is 11.8 Å². The molecule has 1 N–H and O–H groups in total. The molecule has 5 nitrogen and oxygen atoms in total. The molecule has 0 aromatic heterocycles. The number of amides is 2. The van der Waals surface area contributed by atoms with E-state index >= 15 is 0 Å². The largest absolute Gasteiger partial charge is 0.355 e. The summed E-state index contributed by atoms with van der Waals surface area (Å²) in [6, 6.07) is 7.58. The molecular formula is C21H31N3O2. The SMILES string of the molecule is CNC(=O)c1ccc(CN(C)CC(=O)N2CC[C@@H]3CCCC[C@@H]3C2)cc1. The van der Waals surface area contributed by atoms with Gasteiger partial charge in [-0.15, -0.1) is 0 Å². The predicted molar refractivity (Wildman–Crippen MR) is 103 cm³/mol. The molecule has 1 heterocycles. The van der Waals surface area contributed by atoms with Crippen LogP contribution in [0.15, 0.2) is 24.3 Å². The number of likely N-dealkylation sites (tertiary alicyclic amines) is 1. The van der Waals surface area contributed by atoms with Gasteiger partial charge in [0, 0.05) is 32.2 Å². The van der Waals surface area contributed by atoms with E-state index in [9.17, 15) is 9.59 Å². The molecule has 2 amide bonds. The fraction of sp³-hybridized carbons (Fsp3) is 0.619. The average molecular weight is 357 g/mol. The number of rotatable bonds is 5. The first kappa shape index (κ1) is 18.9. The number of piperidine rings is 1. The van der Waals surface area contributed by atoms with Crippen LogP contribution in [-0.4, -0.2) is 55.3 Å². The summed E-state index contributed by atoms with van der Waals surface area (Å²) in [5.74, 6) is 1.75. The van der Waals surface area contributed by atoms with Crippen molar-refractivity contribution in [3.63, 3.8) is 0 Å². The molecule has 1 saturated carbocycles. The molecule has 1 aromatic rings. The van der Waals surface area contributed by atoms with Gasteiger partial charge in [0.25, 0.3) is 5.91 Å². The normalized spacial score (nSPS) is 22.8. The third-order valence-electron chi connectivity index (χ3n) is 5.94. The molecule has 26 heavy (non-hydrogen) atoms. The summed E-state index contributed by atoms with van der Waals surface area (Å²) in [4.78, 5) is 28.4. The molecule has 142 valence electrons. The van der Waals surface area contributed by atoms with E-state index in [2.05, 4.69) is 15.1 Å².